The lowest BCUT2D eigenvalue weighted by atomic mass is 10.2. The van der Waals surface area contributed by atoms with Gasteiger partial charge in [-0.25, -0.2) is 4.79 Å². The summed E-state index contributed by atoms with van der Waals surface area (Å²) >= 11 is 1.22. The second-order valence-electron chi connectivity index (χ2n) is 8.97. The van der Waals surface area contributed by atoms with Crippen molar-refractivity contribution in [3.8, 4) is 11.5 Å². The highest BCUT2D eigenvalue weighted by atomic mass is 32.1. The summed E-state index contributed by atoms with van der Waals surface area (Å²) < 4.78 is 19.0. The molecule has 3 aromatic rings. The Hall–Kier alpha value is -3.64. The summed E-state index contributed by atoms with van der Waals surface area (Å²) in [5.41, 5.74) is 0.332. The van der Waals surface area contributed by atoms with Crippen molar-refractivity contribution in [1.82, 2.24) is 19.8 Å². The number of thiophene rings is 1. The summed E-state index contributed by atoms with van der Waals surface area (Å²) in [6, 6.07) is 7.13. The Balaban J connectivity index is 1.19. The SMILES string of the molecule is O=C(CCCn1c(=O)c2sccc2n(CC(=O)NCC2CCCO2)c1=O)NCc1ccc2c(c1)OCO2. The number of benzene rings is 1. The number of amides is 2. The van der Waals surface area contributed by atoms with Gasteiger partial charge in [-0.05, 0) is 48.4 Å². The van der Waals surface area contributed by atoms with Crippen LogP contribution in [0.5, 0.6) is 11.5 Å². The number of hydrogen-bond donors (Lipinski definition) is 2. The number of ether oxygens (including phenoxy) is 3. The van der Waals surface area contributed by atoms with Crippen molar-refractivity contribution >= 4 is 33.4 Å². The number of carbonyl (C=O) groups is 2. The predicted molar refractivity (Wildman–Crippen MR) is 136 cm³/mol. The van der Waals surface area contributed by atoms with Gasteiger partial charge in [0.1, 0.15) is 11.2 Å². The third-order valence-electron chi connectivity index (χ3n) is 6.40. The molecule has 2 aliphatic heterocycles. The molecular formula is C25H28N4O7S. The van der Waals surface area contributed by atoms with Gasteiger partial charge in [0, 0.05) is 32.7 Å². The molecule has 1 unspecified atom stereocenters. The van der Waals surface area contributed by atoms with E-state index < -0.39 is 11.2 Å². The average molecular weight is 529 g/mol. The number of nitrogens with zero attached hydrogens (tertiary/aromatic N) is 2. The highest BCUT2D eigenvalue weighted by molar-refractivity contribution is 7.17. The van der Waals surface area contributed by atoms with Gasteiger partial charge in [-0.15, -0.1) is 11.3 Å². The van der Waals surface area contributed by atoms with Crippen LogP contribution >= 0.6 is 11.3 Å². The van der Waals surface area contributed by atoms with E-state index in [0.717, 1.165) is 23.0 Å². The number of rotatable bonds is 10. The number of aromatic nitrogens is 2. The van der Waals surface area contributed by atoms with Gasteiger partial charge in [-0.2, -0.15) is 0 Å². The smallest absolute Gasteiger partial charge is 0.332 e. The molecule has 196 valence electrons. The molecule has 12 heteroatoms. The maximum absolute atomic E-state index is 13.2. The fourth-order valence-corrected chi connectivity index (χ4v) is 5.30. The standard InChI is InChI=1S/C25H28N4O7S/c30-21(26-12-16-5-6-19-20(11-16)36-15-35-19)4-1-8-28-24(32)23-18(7-10-37-23)29(25(28)33)14-22(31)27-13-17-3-2-9-34-17/h5-7,10-11,17H,1-4,8-9,12-15H2,(H,26,30)(H,27,31). The quantitative estimate of drug-likeness (QED) is 0.406. The number of nitrogens with one attached hydrogen (secondary N) is 2. The van der Waals surface area contributed by atoms with Crippen LogP contribution in [0.2, 0.25) is 0 Å². The molecule has 2 aliphatic rings. The number of hydrogen-bond acceptors (Lipinski definition) is 8. The largest absolute Gasteiger partial charge is 0.454 e. The van der Waals surface area contributed by atoms with E-state index in [1.165, 1.54) is 15.9 Å². The van der Waals surface area contributed by atoms with Crippen molar-refractivity contribution in [2.45, 2.75) is 51.4 Å². The minimum atomic E-state index is -0.566. The van der Waals surface area contributed by atoms with Gasteiger partial charge in [0.2, 0.25) is 18.6 Å². The van der Waals surface area contributed by atoms with E-state index in [1.807, 2.05) is 12.1 Å². The first-order valence-corrected chi connectivity index (χ1v) is 13.1. The van der Waals surface area contributed by atoms with Gasteiger partial charge in [0.05, 0.1) is 11.6 Å². The summed E-state index contributed by atoms with van der Waals surface area (Å²) in [5.74, 6) is 0.802. The normalized spacial score (nSPS) is 16.3. The fourth-order valence-electron chi connectivity index (χ4n) is 4.45. The zero-order valence-corrected chi connectivity index (χ0v) is 21.0. The van der Waals surface area contributed by atoms with Crippen molar-refractivity contribution in [2.24, 2.45) is 0 Å². The third kappa shape index (κ3) is 5.70. The molecule has 4 heterocycles. The van der Waals surface area contributed by atoms with Gasteiger partial charge in [0.15, 0.2) is 11.5 Å². The molecule has 0 saturated carbocycles. The Labute approximate surface area is 215 Å². The molecule has 2 amide bonds. The summed E-state index contributed by atoms with van der Waals surface area (Å²) in [5, 5.41) is 7.38. The molecule has 1 fully saturated rings. The van der Waals surface area contributed by atoms with Crippen molar-refractivity contribution in [3.05, 3.63) is 56.0 Å². The minimum Gasteiger partial charge on any atom is -0.454 e. The summed E-state index contributed by atoms with van der Waals surface area (Å²) in [7, 11) is 0. The lowest BCUT2D eigenvalue weighted by Gasteiger charge is -2.14. The van der Waals surface area contributed by atoms with Crippen LogP contribution in [0, 0.1) is 0 Å². The highest BCUT2D eigenvalue weighted by Gasteiger charge is 2.19. The van der Waals surface area contributed by atoms with Crippen LogP contribution in [0.4, 0.5) is 0 Å². The molecular weight excluding hydrogens is 500 g/mol. The van der Waals surface area contributed by atoms with Gasteiger partial charge in [-0.1, -0.05) is 6.07 Å². The first-order valence-electron chi connectivity index (χ1n) is 12.2. The van der Waals surface area contributed by atoms with Crippen LogP contribution in [0.3, 0.4) is 0 Å². The van der Waals surface area contributed by atoms with Crippen molar-refractivity contribution < 1.29 is 23.8 Å². The lowest BCUT2D eigenvalue weighted by Crippen LogP contribution is -2.43. The third-order valence-corrected chi connectivity index (χ3v) is 7.29. The Morgan fingerprint density at radius 3 is 2.76 bits per heavy atom. The van der Waals surface area contributed by atoms with E-state index in [-0.39, 0.29) is 44.2 Å². The molecule has 2 N–H and O–H groups in total. The van der Waals surface area contributed by atoms with Gasteiger partial charge in [0.25, 0.3) is 5.56 Å². The maximum Gasteiger partial charge on any atom is 0.332 e. The second kappa shape index (κ2) is 11.2. The molecule has 0 aliphatic carbocycles. The van der Waals surface area contributed by atoms with Crippen molar-refractivity contribution in [1.29, 1.82) is 0 Å². The average Bonchev–Trinajstić information content (AvgIpc) is 3.67. The molecule has 0 radical (unpaired) electrons. The van der Waals surface area contributed by atoms with E-state index in [2.05, 4.69) is 10.6 Å². The van der Waals surface area contributed by atoms with E-state index in [9.17, 15) is 19.2 Å². The molecule has 37 heavy (non-hydrogen) atoms. The van der Waals surface area contributed by atoms with E-state index in [1.54, 1.807) is 17.5 Å². The van der Waals surface area contributed by atoms with Gasteiger partial charge >= 0.3 is 5.69 Å². The molecule has 1 aromatic carbocycles. The molecule has 1 atom stereocenters. The monoisotopic (exact) mass is 528 g/mol. The van der Waals surface area contributed by atoms with Crippen molar-refractivity contribution in [3.63, 3.8) is 0 Å². The van der Waals surface area contributed by atoms with Crippen LogP contribution in [-0.2, 0) is 34.0 Å². The summed E-state index contributed by atoms with van der Waals surface area (Å²) in [6.07, 6.45) is 2.29. The van der Waals surface area contributed by atoms with Gasteiger partial charge < -0.3 is 24.8 Å². The Morgan fingerprint density at radius 1 is 1.05 bits per heavy atom. The minimum absolute atomic E-state index is 0.00742. The van der Waals surface area contributed by atoms with Crippen LogP contribution in [0.15, 0.2) is 39.2 Å². The Bertz CT molecular complexity index is 1420. The lowest BCUT2D eigenvalue weighted by molar-refractivity contribution is -0.122. The summed E-state index contributed by atoms with van der Waals surface area (Å²) in [6.45, 7) is 1.46. The maximum atomic E-state index is 13.2. The highest BCUT2D eigenvalue weighted by Crippen LogP contribution is 2.32. The van der Waals surface area contributed by atoms with Crippen LogP contribution in [0.1, 0.15) is 31.2 Å². The molecule has 1 saturated heterocycles. The fraction of sp³-hybridized carbons (Fsp3) is 0.440. The zero-order valence-electron chi connectivity index (χ0n) is 20.2. The second-order valence-corrected chi connectivity index (χ2v) is 9.88. The van der Waals surface area contributed by atoms with E-state index in [0.29, 0.717) is 47.8 Å². The molecule has 11 nitrogen and oxygen atoms in total. The molecule has 0 spiro atoms. The van der Waals surface area contributed by atoms with Crippen LogP contribution in [-0.4, -0.2) is 47.0 Å². The molecule has 2 aromatic heterocycles. The van der Waals surface area contributed by atoms with Crippen molar-refractivity contribution in [2.75, 3.05) is 19.9 Å². The predicted octanol–water partition coefficient (Wildman–Crippen LogP) is 1.35. The zero-order chi connectivity index (χ0) is 25.8. The topological polar surface area (TPSA) is 130 Å². The van der Waals surface area contributed by atoms with E-state index in [4.69, 9.17) is 14.2 Å². The van der Waals surface area contributed by atoms with Crippen LogP contribution < -0.4 is 31.4 Å². The summed E-state index contributed by atoms with van der Waals surface area (Å²) in [4.78, 5) is 51.1. The van der Waals surface area contributed by atoms with E-state index >= 15 is 0 Å². The number of fused-ring (bicyclic) bond motifs is 2. The van der Waals surface area contributed by atoms with Gasteiger partial charge in [-0.3, -0.25) is 23.5 Å². The molecule has 5 rings (SSSR count). The first kappa shape index (κ1) is 25.0. The molecule has 0 bridgehead atoms. The Morgan fingerprint density at radius 2 is 1.92 bits per heavy atom. The number of carbonyl (C=O) groups excluding carboxylic acids is 2. The first-order chi connectivity index (χ1) is 18.0. The van der Waals surface area contributed by atoms with Crippen LogP contribution in [0.25, 0.3) is 10.2 Å². The Kier molecular flexibility index (Phi) is 7.56.